The highest BCUT2D eigenvalue weighted by Crippen LogP contribution is 2.34. The number of aromatic nitrogens is 4. The minimum absolute atomic E-state index is 0.0911. The maximum absolute atomic E-state index is 13.5. The average Bonchev–Trinajstić information content (AvgIpc) is 3.97. The number of methoxy groups -OCH3 is 1. The second kappa shape index (κ2) is 15.2. The van der Waals surface area contributed by atoms with Crippen LogP contribution in [0.1, 0.15) is 65.2 Å². The number of ether oxygens (including phenoxy) is 1. The van der Waals surface area contributed by atoms with Crippen LogP contribution < -0.4 is 10.2 Å². The van der Waals surface area contributed by atoms with Gasteiger partial charge in [0.2, 0.25) is 17.8 Å². The number of hydrogen-bond donors (Lipinski definition) is 3. The smallest absolute Gasteiger partial charge is 0.407 e. The Morgan fingerprint density at radius 1 is 0.860 bits per heavy atom. The fourth-order valence-corrected chi connectivity index (χ4v) is 7.16. The number of rotatable bonds is 11. The summed E-state index contributed by atoms with van der Waals surface area (Å²) in [7, 11) is 1.30. The Balaban J connectivity index is 1.11. The van der Waals surface area contributed by atoms with Gasteiger partial charge in [-0.3, -0.25) is 9.59 Å². The van der Waals surface area contributed by atoms with E-state index in [9.17, 15) is 14.4 Å². The van der Waals surface area contributed by atoms with Crippen LogP contribution in [-0.4, -0.2) is 93.0 Å². The molecule has 0 saturated carbocycles. The average molecular weight is 681 g/mol. The molecule has 0 aliphatic carbocycles. The fraction of sp³-hybridized carbons (Fsp3) is 0.447. The molecule has 2 fully saturated rings. The topological polar surface area (TPSA) is 140 Å². The summed E-state index contributed by atoms with van der Waals surface area (Å²) in [5.74, 6) is 1.44. The minimum atomic E-state index is -0.673. The molecule has 0 bridgehead atoms. The van der Waals surface area contributed by atoms with E-state index < -0.39 is 12.1 Å². The van der Waals surface area contributed by atoms with Gasteiger partial charge in [0.25, 0.3) is 0 Å². The first-order valence-electron chi connectivity index (χ1n) is 17.7. The molecule has 2 aromatic carbocycles. The van der Waals surface area contributed by atoms with Crippen molar-refractivity contribution in [3.63, 3.8) is 0 Å². The number of alkyl carbamates (subject to hydrolysis) is 1. The Hall–Kier alpha value is -5.13. The number of aromatic amines is 2. The number of imidazole rings is 2. The Morgan fingerprint density at radius 2 is 1.44 bits per heavy atom. The van der Waals surface area contributed by atoms with Gasteiger partial charge in [0.05, 0.1) is 36.9 Å². The molecule has 2 aliphatic heterocycles. The predicted octanol–water partition coefficient (Wildman–Crippen LogP) is 6.02. The van der Waals surface area contributed by atoms with Crippen LogP contribution in [-0.2, 0) is 14.3 Å². The first-order chi connectivity index (χ1) is 24.2. The first kappa shape index (κ1) is 34.7. The third-order valence-electron chi connectivity index (χ3n) is 10.0. The van der Waals surface area contributed by atoms with Crippen molar-refractivity contribution in [1.29, 1.82) is 0 Å². The van der Waals surface area contributed by atoms with Crippen LogP contribution >= 0.6 is 0 Å². The summed E-state index contributed by atoms with van der Waals surface area (Å²) in [5.41, 5.74) is 6.00. The molecule has 264 valence electrons. The summed E-state index contributed by atoms with van der Waals surface area (Å²) in [6.45, 7) is 10.7. The molecule has 2 aliphatic rings. The lowest BCUT2D eigenvalue weighted by Gasteiger charge is -2.30. The highest BCUT2D eigenvalue weighted by molar-refractivity contribution is 5.87. The predicted molar refractivity (Wildman–Crippen MR) is 193 cm³/mol. The summed E-state index contributed by atoms with van der Waals surface area (Å²) in [4.78, 5) is 60.6. The number of carbonyl (C=O) groups is 3. The molecular weight excluding hydrogens is 632 g/mol. The number of carbonyl (C=O) groups excluding carboxylic acids is 3. The van der Waals surface area contributed by atoms with Gasteiger partial charge >= 0.3 is 6.09 Å². The van der Waals surface area contributed by atoms with Gasteiger partial charge in [-0.1, -0.05) is 62.4 Å². The first-order valence-corrected chi connectivity index (χ1v) is 17.7. The fourth-order valence-electron chi connectivity index (χ4n) is 7.16. The van der Waals surface area contributed by atoms with Crippen LogP contribution in [0.4, 0.5) is 10.7 Å². The normalized spacial score (nSPS) is 18.0. The van der Waals surface area contributed by atoms with E-state index in [-0.39, 0.29) is 29.8 Å². The third kappa shape index (κ3) is 7.10. The highest BCUT2D eigenvalue weighted by atomic mass is 16.5. The van der Waals surface area contributed by atoms with Crippen LogP contribution in [0, 0.1) is 5.92 Å². The molecular formula is C38H48N8O4. The van der Waals surface area contributed by atoms with Gasteiger partial charge in [0.15, 0.2) is 0 Å². The van der Waals surface area contributed by atoms with Crippen molar-refractivity contribution >= 4 is 23.9 Å². The lowest BCUT2D eigenvalue weighted by atomic mass is 10.0. The van der Waals surface area contributed by atoms with Crippen molar-refractivity contribution in [2.24, 2.45) is 5.92 Å². The number of nitrogens with zero attached hydrogens (tertiary/aromatic N) is 5. The molecule has 4 heterocycles. The van der Waals surface area contributed by atoms with Crippen molar-refractivity contribution < 1.29 is 19.1 Å². The van der Waals surface area contributed by atoms with E-state index in [0.717, 1.165) is 77.6 Å². The van der Waals surface area contributed by atoms with E-state index in [4.69, 9.17) is 4.74 Å². The second-order valence-corrected chi connectivity index (χ2v) is 13.4. The van der Waals surface area contributed by atoms with E-state index in [1.807, 2.05) is 49.9 Å². The zero-order valence-corrected chi connectivity index (χ0v) is 29.6. The van der Waals surface area contributed by atoms with Crippen molar-refractivity contribution in [1.82, 2.24) is 35.1 Å². The number of H-pyrrole nitrogens is 2. The molecule has 12 heteroatoms. The Kier molecular flexibility index (Phi) is 10.5. The summed E-state index contributed by atoms with van der Waals surface area (Å²) >= 11 is 0. The second-order valence-electron chi connectivity index (χ2n) is 13.4. The molecule has 0 radical (unpaired) electrons. The SMILES string of the molecule is CCN(CC)C(=O)[C@@H]1CCCN1c1ncc(-c2ccc(-c3ccc(-c4cnc([C@@H]5CCCN5C(=O)[C@@H](NC(=O)OC)C(C)C)[nH]4)cc3)cc2)[nH]1. The summed E-state index contributed by atoms with van der Waals surface area (Å²) in [5, 5.41) is 2.70. The van der Waals surface area contributed by atoms with Crippen molar-refractivity contribution in [3.05, 3.63) is 66.7 Å². The number of amides is 3. The maximum Gasteiger partial charge on any atom is 0.407 e. The molecule has 0 spiro atoms. The Bertz CT molecular complexity index is 1780. The number of nitrogens with one attached hydrogen (secondary N) is 3. The molecule has 0 unspecified atom stereocenters. The molecule has 3 N–H and O–H groups in total. The molecule has 3 amide bonds. The lowest BCUT2D eigenvalue weighted by molar-refractivity contribution is -0.135. The van der Waals surface area contributed by atoms with E-state index in [1.54, 1.807) is 0 Å². The number of likely N-dealkylation sites (N-methyl/N-ethyl adjacent to an activating group) is 1. The zero-order chi connectivity index (χ0) is 35.4. The van der Waals surface area contributed by atoms with Crippen molar-refractivity contribution in [3.8, 4) is 33.6 Å². The zero-order valence-electron chi connectivity index (χ0n) is 29.6. The lowest BCUT2D eigenvalue weighted by Crippen LogP contribution is -2.51. The Morgan fingerprint density at radius 3 is 2.04 bits per heavy atom. The largest absolute Gasteiger partial charge is 0.453 e. The van der Waals surface area contributed by atoms with Crippen LogP contribution in [0.5, 0.6) is 0 Å². The number of hydrogen-bond acceptors (Lipinski definition) is 7. The molecule has 6 rings (SSSR count). The number of likely N-dealkylation sites (tertiary alicyclic amines) is 1. The van der Waals surface area contributed by atoms with Crippen LogP contribution in [0.15, 0.2) is 60.9 Å². The molecule has 4 aromatic rings. The van der Waals surface area contributed by atoms with Gasteiger partial charge in [-0.2, -0.15) is 0 Å². The van der Waals surface area contributed by atoms with Gasteiger partial charge in [-0.05, 0) is 67.7 Å². The summed E-state index contributed by atoms with van der Waals surface area (Å²) in [6.07, 6.45) is 6.52. The standard InChI is InChI=1S/C38H48N8O4/c1-6-44(7-2)35(47)32-11-9-21-46(32)37-40-23-30(42-37)28-18-14-26(15-19-28)25-12-16-27(17-13-25)29-22-39-34(41-29)31-10-8-20-45(31)36(48)33(24(3)4)43-38(49)50-5/h12-19,22-24,31-33H,6-11,20-21H2,1-5H3,(H,39,41)(H,40,42)(H,43,49)/t31-,32-,33-/m0/s1. The van der Waals surface area contributed by atoms with Crippen molar-refractivity contribution in [2.75, 3.05) is 38.2 Å². The number of benzene rings is 2. The van der Waals surface area contributed by atoms with E-state index in [0.29, 0.717) is 19.6 Å². The molecule has 3 atom stereocenters. The Labute approximate surface area is 293 Å². The van der Waals surface area contributed by atoms with Crippen LogP contribution in [0.2, 0.25) is 0 Å². The minimum Gasteiger partial charge on any atom is -0.453 e. The third-order valence-corrected chi connectivity index (χ3v) is 10.0. The van der Waals surface area contributed by atoms with Gasteiger partial charge in [0, 0.05) is 26.2 Å². The molecule has 50 heavy (non-hydrogen) atoms. The van der Waals surface area contributed by atoms with Gasteiger partial charge in [-0.15, -0.1) is 0 Å². The monoisotopic (exact) mass is 680 g/mol. The van der Waals surface area contributed by atoms with E-state index in [2.05, 4.69) is 78.7 Å². The van der Waals surface area contributed by atoms with E-state index >= 15 is 0 Å². The van der Waals surface area contributed by atoms with Gasteiger partial charge in [0.1, 0.15) is 17.9 Å². The highest BCUT2D eigenvalue weighted by Gasteiger charge is 2.38. The van der Waals surface area contributed by atoms with Crippen LogP contribution in [0.25, 0.3) is 33.6 Å². The van der Waals surface area contributed by atoms with Crippen molar-refractivity contribution in [2.45, 2.75) is 71.5 Å². The van der Waals surface area contributed by atoms with Crippen LogP contribution in [0.3, 0.4) is 0 Å². The quantitative estimate of drug-likeness (QED) is 0.176. The van der Waals surface area contributed by atoms with Gasteiger partial charge in [-0.25, -0.2) is 14.8 Å². The summed E-state index contributed by atoms with van der Waals surface area (Å²) in [6, 6.07) is 15.7. The van der Waals surface area contributed by atoms with E-state index in [1.165, 1.54) is 7.11 Å². The van der Waals surface area contributed by atoms with Gasteiger partial charge < -0.3 is 34.7 Å². The maximum atomic E-state index is 13.5. The number of anilines is 1. The molecule has 2 saturated heterocycles. The molecule has 2 aromatic heterocycles. The summed E-state index contributed by atoms with van der Waals surface area (Å²) < 4.78 is 4.75. The molecule has 12 nitrogen and oxygen atoms in total.